The first-order chi connectivity index (χ1) is 7.52. The zero-order chi connectivity index (χ0) is 12.6. The van der Waals surface area contributed by atoms with Gasteiger partial charge in [-0.2, -0.15) is 0 Å². The van der Waals surface area contributed by atoms with Crippen LogP contribution in [0.15, 0.2) is 0 Å². The van der Waals surface area contributed by atoms with Crippen molar-refractivity contribution in [2.75, 3.05) is 47.3 Å². The van der Waals surface area contributed by atoms with Crippen molar-refractivity contribution in [1.82, 2.24) is 15.1 Å². The van der Waals surface area contributed by atoms with Gasteiger partial charge in [-0.3, -0.25) is 4.90 Å². The van der Waals surface area contributed by atoms with E-state index in [1.807, 2.05) is 7.05 Å². The van der Waals surface area contributed by atoms with Gasteiger partial charge in [0.25, 0.3) is 0 Å². The van der Waals surface area contributed by atoms with E-state index in [1.54, 1.807) is 0 Å². The van der Waals surface area contributed by atoms with Crippen molar-refractivity contribution in [1.29, 1.82) is 0 Å². The van der Waals surface area contributed by atoms with Gasteiger partial charge in [0, 0.05) is 25.7 Å². The van der Waals surface area contributed by atoms with Crippen LogP contribution >= 0.6 is 0 Å². The Morgan fingerprint density at radius 3 is 2.06 bits per heavy atom. The Balaban J connectivity index is 4.31. The van der Waals surface area contributed by atoms with Gasteiger partial charge in [0.05, 0.1) is 0 Å². The molecule has 3 heteroatoms. The van der Waals surface area contributed by atoms with Gasteiger partial charge in [-0.05, 0) is 40.0 Å². The van der Waals surface area contributed by atoms with E-state index >= 15 is 0 Å². The topological polar surface area (TPSA) is 18.5 Å². The van der Waals surface area contributed by atoms with Gasteiger partial charge in [0.15, 0.2) is 0 Å². The lowest BCUT2D eigenvalue weighted by molar-refractivity contribution is 0.141. The summed E-state index contributed by atoms with van der Waals surface area (Å²) < 4.78 is 0. The summed E-state index contributed by atoms with van der Waals surface area (Å²) in [5.74, 6) is 0.709. The van der Waals surface area contributed by atoms with Crippen LogP contribution in [0.1, 0.15) is 27.2 Å². The smallest absolute Gasteiger partial charge is 0.0244 e. The van der Waals surface area contributed by atoms with E-state index in [1.165, 1.54) is 19.5 Å². The molecule has 16 heavy (non-hydrogen) atoms. The zero-order valence-corrected chi connectivity index (χ0v) is 12.1. The summed E-state index contributed by atoms with van der Waals surface area (Å²) in [6.07, 6.45) is 1.24. The molecule has 0 saturated heterocycles. The lowest BCUT2D eigenvalue weighted by Crippen LogP contribution is -2.47. The van der Waals surface area contributed by atoms with Gasteiger partial charge in [-0.15, -0.1) is 0 Å². The molecule has 3 nitrogen and oxygen atoms in total. The summed E-state index contributed by atoms with van der Waals surface area (Å²) in [5.41, 5.74) is 0. The lowest BCUT2D eigenvalue weighted by atomic mass is 10.0. The highest BCUT2D eigenvalue weighted by atomic mass is 15.2. The highest BCUT2D eigenvalue weighted by Gasteiger charge is 2.20. The quantitative estimate of drug-likeness (QED) is 0.646. The second kappa shape index (κ2) is 8.97. The molecule has 98 valence electrons. The summed E-state index contributed by atoms with van der Waals surface area (Å²) in [6, 6.07) is 0.657. The van der Waals surface area contributed by atoms with Crippen LogP contribution in [0, 0.1) is 5.92 Å². The van der Waals surface area contributed by atoms with E-state index in [9.17, 15) is 0 Å². The van der Waals surface area contributed by atoms with Crippen molar-refractivity contribution in [3.63, 3.8) is 0 Å². The minimum absolute atomic E-state index is 0.657. The minimum atomic E-state index is 0.657. The number of rotatable bonds is 9. The first kappa shape index (κ1) is 15.9. The Kier molecular flexibility index (Phi) is 8.90. The first-order valence-electron chi connectivity index (χ1n) is 6.56. The van der Waals surface area contributed by atoms with Gasteiger partial charge in [0.1, 0.15) is 0 Å². The molecule has 0 fully saturated rings. The van der Waals surface area contributed by atoms with Crippen LogP contribution in [0.25, 0.3) is 0 Å². The van der Waals surface area contributed by atoms with E-state index in [0.29, 0.717) is 12.0 Å². The SMILES string of the molecule is CCCN(CCN(C)C)C(CNC)C(C)C. The summed E-state index contributed by atoms with van der Waals surface area (Å²) in [7, 11) is 6.34. The molecule has 0 amide bonds. The molecule has 0 radical (unpaired) electrons. The van der Waals surface area contributed by atoms with Crippen LogP contribution in [0.5, 0.6) is 0 Å². The molecule has 0 aromatic carbocycles. The van der Waals surface area contributed by atoms with Crippen molar-refractivity contribution in [2.45, 2.75) is 33.2 Å². The third-order valence-electron chi connectivity index (χ3n) is 3.00. The van der Waals surface area contributed by atoms with E-state index in [0.717, 1.165) is 13.1 Å². The fraction of sp³-hybridized carbons (Fsp3) is 1.00. The molecule has 0 aliphatic heterocycles. The molecule has 0 aliphatic rings. The van der Waals surface area contributed by atoms with Crippen LogP contribution in [0.3, 0.4) is 0 Å². The molecular weight excluding hydrogens is 198 g/mol. The molecule has 1 N–H and O–H groups in total. The minimum Gasteiger partial charge on any atom is -0.318 e. The molecule has 0 aliphatic carbocycles. The van der Waals surface area contributed by atoms with E-state index in [2.05, 4.69) is 50.0 Å². The van der Waals surface area contributed by atoms with Crippen molar-refractivity contribution in [3.05, 3.63) is 0 Å². The molecule has 0 spiro atoms. The normalized spacial score (nSPS) is 14.1. The second-order valence-electron chi connectivity index (χ2n) is 5.21. The molecule has 0 saturated carbocycles. The van der Waals surface area contributed by atoms with Crippen LogP contribution < -0.4 is 5.32 Å². The summed E-state index contributed by atoms with van der Waals surface area (Å²) in [6.45, 7) is 11.5. The number of likely N-dealkylation sites (N-methyl/N-ethyl adjacent to an activating group) is 2. The van der Waals surface area contributed by atoms with Crippen molar-refractivity contribution >= 4 is 0 Å². The third kappa shape index (κ3) is 6.46. The Bertz CT molecular complexity index is 157. The molecule has 0 aromatic rings. The first-order valence-corrected chi connectivity index (χ1v) is 6.56. The maximum atomic E-state index is 3.32. The van der Waals surface area contributed by atoms with Gasteiger partial charge < -0.3 is 10.2 Å². The fourth-order valence-corrected chi connectivity index (χ4v) is 2.05. The maximum absolute atomic E-state index is 3.32. The monoisotopic (exact) mass is 229 g/mol. The number of hydrogen-bond donors (Lipinski definition) is 1. The fourth-order valence-electron chi connectivity index (χ4n) is 2.05. The molecule has 1 unspecified atom stereocenters. The molecule has 0 rings (SSSR count). The number of nitrogens with zero attached hydrogens (tertiary/aromatic N) is 2. The zero-order valence-electron chi connectivity index (χ0n) is 12.1. The largest absolute Gasteiger partial charge is 0.318 e. The van der Waals surface area contributed by atoms with E-state index in [-0.39, 0.29) is 0 Å². The second-order valence-corrected chi connectivity index (χ2v) is 5.21. The van der Waals surface area contributed by atoms with Crippen molar-refractivity contribution in [2.24, 2.45) is 5.92 Å². The summed E-state index contributed by atoms with van der Waals surface area (Å²) >= 11 is 0. The highest BCUT2D eigenvalue weighted by molar-refractivity contribution is 4.77. The summed E-state index contributed by atoms with van der Waals surface area (Å²) in [4.78, 5) is 4.89. The van der Waals surface area contributed by atoms with E-state index in [4.69, 9.17) is 0 Å². The Labute approximate surface area is 102 Å². The predicted molar refractivity (Wildman–Crippen MR) is 73.0 cm³/mol. The van der Waals surface area contributed by atoms with Crippen LogP contribution in [0.4, 0.5) is 0 Å². The van der Waals surface area contributed by atoms with Gasteiger partial charge in [-0.25, -0.2) is 0 Å². The average Bonchev–Trinajstić information content (AvgIpc) is 2.20. The number of hydrogen-bond acceptors (Lipinski definition) is 3. The van der Waals surface area contributed by atoms with Crippen LogP contribution in [0.2, 0.25) is 0 Å². The molecule has 0 heterocycles. The van der Waals surface area contributed by atoms with Crippen LogP contribution in [-0.4, -0.2) is 63.2 Å². The van der Waals surface area contributed by atoms with Gasteiger partial charge >= 0.3 is 0 Å². The third-order valence-corrected chi connectivity index (χ3v) is 3.00. The van der Waals surface area contributed by atoms with Gasteiger partial charge in [-0.1, -0.05) is 20.8 Å². The number of nitrogens with one attached hydrogen (secondary N) is 1. The van der Waals surface area contributed by atoms with Gasteiger partial charge in [0.2, 0.25) is 0 Å². The molecule has 0 aromatic heterocycles. The van der Waals surface area contributed by atoms with Crippen LogP contribution in [-0.2, 0) is 0 Å². The molecule has 1 atom stereocenters. The summed E-state index contributed by atoms with van der Waals surface area (Å²) in [5, 5.41) is 3.32. The highest BCUT2D eigenvalue weighted by Crippen LogP contribution is 2.10. The van der Waals surface area contributed by atoms with Crippen molar-refractivity contribution < 1.29 is 0 Å². The Hall–Kier alpha value is -0.120. The van der Waals surface area contributed by atoms with E-state index < -0.39 is 0 Å². The average molecular weight is 229 g/mol. The Morgan fingerprint density at radius 1 is 1.06 bits per heavy atom. The molecular formula is C13H31N3. The molecule has 0 bridgehead atoms. The predicted octanol–water partition coefficient (Wildman–Crippen LogP) is 1.50. The lowest BCUT2D eigenvalue weighted by Gasteiger charge is -2.35. The maximum Gasteiger partial charge on any atom is 0.0244 e. The standard InChI is InChI=1S/C13H31N3/c1-7-8-16(10-9-15(5)6)13(11-14-4)12(2)3/h12-14H,7-11H2,1-6H3. The van der Waals surface area contributed by atoms with Crippen molar-refractivity contribution in [3.8, 4) is 0 Å². The Morgan fingerprint density at radius 2 is 1.69 bits per heavy atom.